The third kappa shape index (κ3) is 3.06. The van der Waals surface area contributed by atoms with E-state index in [9.17, 15) is 9.90 Å². The summed E-state index contributed by atoms with van der Waals surface area (Å²) >= 11 is 0. The zero-order chi connectivity index (χ0) is 16.5. The number of hydrogen-bond acceptors (Lipinski definition) is 5. The Bertz CT molecular complexity index is 576. The average molecular weight is 330 g/mol. The first-order valence-electron chi connectivity index (χ1n) is 9.13. The van der Waals surface area contributed by atoms with Crippen LogP contribution in [0, 0.1) is 11.8 Å². The second-order valence-electron chi connectivity index (χ2n) is 7.45. The van der Waals surface area contributed by atoms with Crippen LogP contribution < -0.4 is 16.2 Å². The number of carbonyl (C=O) groups excluding carboxylic acids is 1. The van der Waals surface area contributed by atoms with Crippen molar-refractivity contribution in [3.8, 4) is 0 Å². The molecule has 0 radical (unpaired) electrons. The maximum absolute atomic E-state index is 12.9. The number of aromatic nitrogens is 1. The van der Waals surface area contributed by atoms with Gasteiger partial charge < -0.3 is 10.4 Å². The lowest BCUT2D eigenvalue weighted by Gasteiger charge is -2.38. The molecule has 1 aliphatic heterocycles. The maximum atomic E-state index is 12.9. The fraction of sp³-hybridized carbons (Fsp3) is 0.667. The van der Waals surface area contributed by atoms with E-state index >= 15 is 0 Å². The molecule has 6 heteroatoms. The molecule has 2 heterocycles. The number of nitrogens with zero attached hydrogens (tertiary/aromatic N) is 1. The van der Waals surface area contributed by atoms with E-state index in [4.69, 9.17) is 0 Å². The number of fused-ring (bicyclic) bond motifs is 1. The normalized spacial score (nSPS) is 36.5. The largest absolute Gasteiger partial charge is 0.393 e. The van der Waals surface area contributed by atoms with Gasteiger partial charge in [0.05, 0.1) is 17.8 Å². The van der Waals surface area contributed by atoms with E-state index in [1.54, 1.807) is 6.20 Å². The lowest BCUT2D eigenvalue weighted by Crippen LogP contribution is -2.50. The Morgan fingerprint density at radius 1 is 1.25 bits per heavy atom. The van der Waals surface area contributed by atoms with Gasteiger partial charge in [-0.25, -0.2) is 5.43 Å². The van der Waals surface area contributed by atoms with Crippen molar-refractivity contribution in [3.05, 3.63) is 30.1 Å². The zero-order valence-corrected chi connectivity index (χ0v) is 13.8. The molecule has 4 rings (SSSR count). The Morgan fingerprint density at radius 3 is 2.83 bits per heavy atom. The molecule has 0 spiro atoms. The van der Waals surface area contributed by atoms with E-state index in [1.165, 1.54) is 12.8 Å². The molecule has 24 heavy (non-hydrogen) atoms. The van der Waals surface area contributed by atoms with Gasteiger partial charge in [-0.15, -0.1) is 0 Å². The second kappa shape index (κ2) is 6.78. The number of aliphatic hydroxyl groups excluding tert-OH is 1. The fourth-order valence-electron chi connectivity index (χ4n) is 4.44. The Balaban J connectivity index is 1.47. The van der Waals surface area contributed by atoms with Crippen LogP contribution in [0.25, 0.3) is 0 Å². The number of rotatable bonds is 4. The topological polar surface area (TPSA) is 86.3 Å². The summed E-state index contributed by atoms with van der Waals surface area (Å²) in [5.41, 5.74) is 7.39. The number of hydrogen-bond donors (Lipinski definition) is 4. The van der Waals surface area contributed by atoms with E-state index in [1.807, 2.05) is 18.2 Å². The van der Waals surface area contributed by atoms with Crippen LogP contribution >= 0.6 is 0 Å². The molecule has 0 bridgehead atoms. The SMILES string of the molecule is O=C(NC(c1ccccn1)C1CC(O)C1)C1NNC2CCCCC21. The summed E-state index contributed by atoms with van der Waals surface area (Å²) in [6.07, 6.45) is 7.64. The monoisotopic (exact) mass is 330 g/mol. The predicted molar refractivity (Wildman–Crippen MR) is 89.7 cm³/mol. The highest BCUT2D eigenvalue weighted by Gasteiger charge is 2.43. The average Bonchev–Trinajstić information content (AvgIpc) is 3.02. The van der Waals surface area contributed by atoms with Gasteiger partial charge in [0.15, 0.2) is 0 Å². The summed E-state index contributed by atoms with van der Waals surface area (Å²) in [6.45, 7) is 0. The van der Waals surface area contributed by atoms with Crippen molar-refractivity contribution in [1.82, 2.24) is 21.2 Å². The molecule has 2 aliphatic carbocycles. The van der Waals surface area contributed by atoms with Gasteiger partial charge in [-0.3, -0.25) is 15.2 Å². The minimum absolute atomic E-state index is 0.0499. The van der Waals surface area contributed by atoms with Crippen molar-refractivity contribution in [2.75, 3.05) is 0 Å². The van der Waals surface area contributed by atoms with Crippen molar-refractivity contribution in [2.45, 2.75) is 62.8 Å². The van der Waals surface area contributed by atoms with Crippen molar-refractivity contribution in [1.29, 1.82) is 0 Å². The standard InChI is InChI=1S/C18H26N4O2/c23-12-9-11(10-12)16(15-7-3-4-8-19-15)20-18(24)17-13-5-1-2-6-14(13)21-22-17/h3-4,7-8,11-14,16-17,21-23H,1-2,5-6,9-10H2,(H,20,24). The molecule has 3 fully saturated rings. The quantitative estimate of drug-likeness (QED) is 0.663. The van der Waals surface area contributed by atoms with E-state index in [0.29, 0.717) is 12.0 Å². The summed E-state index contributed by atoms with van der Waals surface area (Å²) in [5, 5.41) is 12.9. The summed E-state index contributed by atoms with van der Waals surface area (Å²) in [6, 6.07) is 5.90. The Morgan fingerprint density at radius 2 is 2.08 bits per heavy atom. The van der Waals surface area contributed by atoms with Crippen LogP contribution in [0.5, 0.6) is 0 Å². The van der Waals surface area contributed by atoms with Crippen LogP contribution in [-0.4, -0.2) is 34.2 Å². The molecular weight excluding hydrogens is 304 g/mol. The van der Waals surface area contributed by atoms with Crippen LogP contribution in [0.1, 0.15) is 50.3 Å². The van der Waals surface area contributed by atoms with Crippen LogP contribution in [0.4, 0.5) is 0 Å². The number of pyridine rings is 1. The molecule has 4 unspecified atom stereocenters. The summed E-state index contributed by atoms with van der Waals surface area (Å²) in [5.74, 6) is 0.680. The Labute approximate surface area is 142 Å². The van der Waals surface area contributed by atoms with Gasteiger partial charge in [0, 0.05) is 18.2 Å². The minimum Gasteiger partial charge on any atom is -0.393 e. The van der Waals surface area contributed by atoms with E-state index in [2.05, 4.69) is 21.2 Å². The van der Waals surface area contributed by atoms with Crippen molar-refractivity contribution in [3.63, 3.8) is 0 Å². The van der Waals surface area contributed by atoms with E-state index < -0.39 is 0 Å². The van der Waals surface area contributed by atoms with Crippen LogP contribution in [0.2, 0.25) is 0 Å². The molecule has 3 aliphatic rings. The number of nitrogens with one attached hydrogen (secondary N) is 3. The first kappa shape index (κ1) is 16.0. The summed E-state index contributed by atoms with van der Waals surface area (Å²) in [4.78, 5) is 17.3. The molecule has 1 amide bonds. The van der Waals surface area contributed by atoms with Crippen LogP contribution in [-0.2, 0) is 4.79 Å². The van der Waals surface area contributed by atoms with E-state index in [0.717, 1.165) is 31.4 Å². The third-order valence-corrected chi connectivity index (χ3v) is 5.88. The highest BCUT2D eigenvalue weighted by molar-refractivity contribution is 5.83. The summed E-state index contributed by atoms with van der Waals surface area (Å²) < 4.78 is 0. The molecular formula is C18H26N4O2. The van der Waals surface area contributed by atoms with E-state index in [-0.39, 0.29) is 30.0 Å². The van der Waals surface area contributed by atoms with Crippen molar-refractivity contribution in [2.24, 2.45) is 11.8 Å². The van der Waals surface area contributed by atoms with Crippen molar-refractivity contribution >= 4 is 5.91 Å². The van der Waals surface area contributed by atoms with Gasteiger partial charge >= 0.3 is 0 Å². The molecule has 1 aromatic heterocycles. The highest BCUT2D eigenvalue weighted by Crippen LogP contribution is 2.38. The smallest absolute Gasteiger partial charge is 0.239 e. The van der Waals surface area contributed by atoms with Crippen molar-refractivity contribution < 1.29 is 9.90 Å². The summed E-state index contributed by atoms with van der Waals surface area (Å²) in [7, 11) is 0. The number of amides is 1. The maximum Gasteiger partial charge on any atom is 0.239 e. The third-order valence-electron chi connectivity index (χ3n) is 5.88. The lowest BCUT2D eigenvalue weighted by atomic mass is 9.75. The minimum atomic E-state index is -0.243. The first-order valence-corrected chi connectivity index (χ1v) is 9.13. The second-order valence-corrected chi connectivity index (χ2v) is 7.45. The number of hydrazine groups is 1. The van der Waals surface area contributed by atoms with Crippen LogP contribution in [0.15, 0.2) is 24.4 Å². The molecule has 130 valence electrons. The first-order chi connectivity index (χ1) is 11.7. The molecule has 1 saturated heterocycles. The molecule has 4 N–H and O–H groups in total. The molecule has 0 aromatic carbocycles. The lowest BCUT2D eigenvalue weighted by molar-refractivity contribution is -0.126. The van der Waals surface area contributed by atoms with Gasteiger partial charge in [0.25, 0.3) is 0 Å². The van der Waals surface area contributed by atoms with Gasteiger partial charge in [-0.1, -0.05) is 18.9 Å². The molecule has 4 atom stereocenters. The Kier molecular flexibility index (Phi) is 4.52. The van der Waals surface area contributed by atoms with Gasteiger partial charge in [0.1, 0.15) is 6.04 Å². The Hall–Kier alpha value is -1.50. The van der Waals surface area contributed by atoms with Gasteiger partial charge in [0.2, 0.25) is 5.91 Å². The predicted octanol–water partition coefficient (Wildman–Crippen LogP) is 1.04. The number of carbonyl (C=O) groups is 1. The number of aliphatic hydroxyl groups is 1. The molecule has 1 aromatic rings. The fourth-order valence-corrected chi connectivity index (χ4v) is 4.44. The van der Waals surface area contributed by atoms with Crippen LogP contribution in [0.3, 0.4) is 0 Å². The van der Waals surface area contributed by atoms with Gasteiger partial charge in [-0.2, -0.15) is 0 Å². The highest BCUT2D eigenvalue weighted by atomic mass is 16.3. The van der Waals surface area contributed by atoms with Gasteiger partial charge in [-0.05, 0) is 43.7 Å². The molecule has 6 nitrogen and oxygen atoms in total. The zero-order valence-electron chi connectivity index (χ0n) is 13.8. The molecule has 2 saturated carbocycles.